The van der Waals surface area contributed by atoms with Crippen LogP contribution < -0.4 is 5.32 Å². The van der Waals surface area contributed by atoms with Crippen LogP contribution in [0, 0.1) is 5.92 Å². The van der Waals surface area contributed by atoms with Crippen LogP contribution in [0.3, 0.4) is 0 Å². The third-order valence-electron chi connectivity index (χ3n) is 3.65. The number of fused-ring (bicyclic) bond motifs is 1. The lowest BCUT2D eigenvalue weighted by atomic mass is 10.0. The molecule has 5 nitrogen and oxygen atoms in total. The van der Waals surface area contributed by atoms with E-state index in [4.69, 9.17) is 11.6 Å². The van der Waals surface area contributed by atoms with Crippen LogP contribution in [0.2, 0.25) is 5.15 Å². The predicted octanol–water partition coefficient (Wildman–Crippen LogP) is 2.06. The zero-order valence-corrected chi connectivity index (χ0v) is 13.0. The van der Waals surface area contributed by atoms with Gasteiger partial charge in [-0.2, -0.15) is 0 Å². The smallest absolute Gasteiger partial charge is 0.199 e. The molecule has 1 aromatic heterocycles. The number of nitrogens with one attached hydrogen (secondary N) is 1. The summed E-state index contributed by atoms with van der Waals surface area (Å²) in [5.74, 6) is 0.167. The second-order valence-electron chi connectivity index (χ2n) is 5.30. The maximum Gasteiger partial charge on any atom is 0.199 e. The van der Waals surface area contributed by atoms with Gasteiger partial charge in [-0.1, -0.05) is 23.7 Å². The average Bonchev–Trinajstić information content (AvgIpc) is 2.47. The lowest BCUT2D eigenvalue weighted by Crippen LogP contribution is -2.34. The molecule has 21 heavy (non-hydrogen) atoms. The van der Waals surface area contributed by atoms with E-state index in [1.807, 2.05) is 6.07 Å². The fraction of sp³-hybridized carbons (Fsp3) is 0.429. The largest absolute Gasteiger partial charge is 0.316 e. The van der Waals surface area contributed by atoms with E-state index in [2.05, 4.69) is 15.3 Å². The first kappa shape index (κ1) is 14.7. The number of sulfone groups is 1. The van der Waals surface area contributed by atoms with Gasteiger partial charge in [0.05, 0.1) is 16.8 Å². The summed E-state index contributed by atoms with van der Waals surface area (Å²) in [6, 6.07) is 7.11. The van der Waals surface area contributed by atoms with E-state index < -0.39 is 9.84 Å². The van der Waals surface area contributed by atoms with E-state index in [1.165, 1.54) is 0 Å². The summed E-state index contributed by atoms with van der Waals surface area (Å²) in [5.41, 5.74) is 1.14. The Balaban J connectivity index is 1.95. The number of piperidine rings is 1. The lowest BCUT2D eigenvalue weighted by Gasteiger charge is -2.22. The second-order valence-corrected chi connectivity index (χ2v) is 7.61. The number of nitrogens with zero attached hydrogens (tertiary/aromatic N) is 2. The van der Waals surface area contributed by atoms with E-state index in [1.54, 1.807) is 18.2 Å². The van der Waals surface area contributed by atoms with Gasteiger partial charge in [0.1, 0.15) is 0 Å². The van der Waals surface area contributed by atoms with Crippen LogP contribution in [0.4, 0.5) is 0 Å². The summed E-state index contributed by atoms with van der Waals surface area (Å²) in [6.45, 7) is 1.67. The molecular formula is C14H16ClN3O2S. The highest BCUT2D eigenvalue weighted by Gasteiger charge is 2.27. The van der Waals surface area contributed by atoms with Gasteiger partial charge in [-0.25, -0.2) is 18.4 Å². The number of benzene rings is 1. The Morgan fingerprint density at radius 1 is 1.24 bits per heavy atom. The van der Waals surface area contributed by atoms with Gasteiger partial charge < -0.3 is 5.32 Å². The molecule has 0 saturated carbocycles. The predicted molar refractivity (Wildman–Crippen MR) is 82.2 cm³/mol. The summed E-state index contributed by atoms with van der Waals surface area (Å²) in [4.78, 5) is 8.35. The van der Waals surface area contributed by atoms with Gasteiger partial charge in [-0.05, 0) is 44.0 Å². The summed E-state index contributed by atoms with van der Waals surface area (Å²) in [5, 5.41) is 3.07. The van der Waals surface area contributed by atoms with E-state index in [0.29, 0.717) is 11.0 Å². The van der Waals surface area contributed by atoms with Crippen LogP contribution in [0.1, 0.15) is 12.8 Å². The molecule has 1 N–H and O–H groups in total. The fourth-order valence-electron chi connectivity index (χ4n) is 2.62. The van der Waals surface area contributed by atoms with Crippen LogP contribution in [0.5, 0.6) is 0 Å². The number of para-hydroxylation sites is 2. The van der Waals surface area contributed by atoms with Gasteiger partial charge in [-0.15, -0.1) is 0 Å². The van der Waals surface area contributed by atoms with Crippen molar-refractivity contribution in [3.8, 4) is 0 Å². The Bertz CT molecular complexity index is 758. The maximum atomic E-state index is 12.6. The molecule has 112 valence electrons. The van der Waals surface area contributed by atoms with Crippen molar-refractivity contribution >= 4 is 32.5 Å². The Labute approximate surface area is 128 Å². The highest BCUT2D eigenvalue weighted by atomic mass is 35.5. The molecule has 2 heterocycles. The molecule has 0 spiro atoms. The van der Waals surface area contributed by atoms with Gasteiger partial charge in [0, 0.05) is 0 Å². The minimum Gasteiger partial charge on any atom is -0.316 e. The van der Waals surface area contributed by atoms with Gasteiger partial charge in [0.15, 0.2) is 20.0 Å². The molecule has 0 aliphatic carbocycles. The second kappa shape index (κ2) is 5.87. The average molecular weight is 326 g/mol. The van der Waals surface area contributed by atoms with Crippen molar-refractivity contribution < 1.29 is 8.42 Å². The van der Waals surface area contributed by atoms with Gasteiger partial charge in [0.25, 0.3) is 0 Å². The number of hydrogen-bond donors (Lipinski definition) is 1. The minimum absolute atomic E-state index is 0.0440. The van der Waals surface area contributed by atoms with Crippen LogP contribution in [-0.2, 0) is 9.84 Å². The first-order valence-corrected chi connectivity index (χ1v) is 8.95. The van der Waals surface area contributed by atoms with Crippen molar-refractivity contribution in [2.75, 3.05) is 18.8 Å². The van der Waals surface area contributed by atoms with E-state index in [9.17, 15) is 8.42 Å². The van der Waals surface area contributed by atoms with E-state index in [0.717, 1.165) is 25.9 Å². The van der Waals surface area contributed by atoms with Crippen molar-refractivity contribution in [2.24, 2.45) is 5.92 Å². The summed E-state index contributed by atoms with van der Waals surface area (Å²) < 4.78 is 25.1. The number of aromatic nitrogens is 2. The fourth-order valence-corrected chi connectivity index (χ4v) is 4.70. The summed E-state index contributed by atoms with van der Waals surface area (Å²) >= 11 is 6.04. The zero-order chi connectivity index (χ0) is 14.9. The highest BCUT2D eigenvalue weighted by molar-refractivity contribution is 7.91. The van der Waals surface area contributed by atoms with Crippen molar-refractivity contribution in [2.45, 2.75) is 17.9 Å². The number of rotatable bonds is 3. The Hall–Kier alpha value is -1.24. The van der Waals surface area contributed by atoms with E-state index >= 15 is 0 Å². The van der Waals surface area contributed by atoms with Crippen LogP contribution in [-0.4, -0.2) is 37.2 Å². The molecule has 2 aromatic rings. The van der Waals surface area contributed by atoms with Crippen molar-refractivity contribution in [3.05, 3.63) is 29.4 Å². The maximum absolute atomic E-state index is 12.6. The zero-order valence-electron chi connectivity index (χ0n) is 11.4. The molecule has 1 atom stereocenters. The van der Waals surface area contributed by atoms with Crippen LogP contribution in [0.25, 0.3) is 11.0 Å². The lowest BCUT2D eigenvalue weighted by molar-refractivity contribution is 0.403. The molecule has 0 unspecified atom stereocenters. The quantitative estimate of drug-likeness (QED) is 0.935. The standard InChI is InChI=1S/C14H16ClN3O2S/c15-13-14(18-12-6-2-1-5-11(12)17-13)21(19,20)9-10-4-3-7-16-8-10/h1-2,5-6,10,16H,3-4,7-9H2/t10-/m0/s1. The number of hydrogen-bond acceptors (Lipinski definition) is 5. The molecule has 1 fully saturated rings. The van der Waals surface area contributed by atoms with Gasteiger partial charge in [-0.3, -0.25) is 0 Å². The Morgan fingerprint density at radius 2 is 1.95 bits per heavy atom. The van der Waals surface area contributed by atoms with Crippen molar-refractivity contribution in [3.63, 3.8) is 0 Å². The molecular weight excluding hydrogens is 310 g/mol. The minimum atomic E-state index is -3.53. The van der Waals surface area contributed by atoms with Crippen molar-refractivity contribution in [1.29, 1.82) is 0 Å². The molecule has 0 amide bonds. The number of halogens is 1. The SMILES string of the molecule is O=S(=O)(C[C@H]1CCCNC1)c1nc2ccccc2nc1Cl. The van der Waals surface area contributed by atoms with Gasteiger partial charge >= 0.3 is 0 Å². The molecule has 1 aliphatic rings. The molecule has 1 aliphatic heterocycles. The normalized spacial score (nSPS) is 19.8. The molecule has 3 rings (SSSR count). The Morgan fingerprint density at radius 3 is 2.62 bits per heavy atom. The molecule has 0 bridgehead atoms. The first-order chi connectivity index (χ1) is 10.1. The monoisotopic (exact) mass is 325 g/mol. The van der Waals surface area contributed by atoms with E-state index in [-0.39, 0.29) is 21.8 Å². The molecule has 1 aromatic carbocycles. The van der Waals surface area contributed by atoms with Crippen molar-refractivity contribution in [1.82, 2.24) is 15.3 Å². The molecule has 0 radical (unpaired) electrons. The summed E-state index contributed by atoms with van der Waals surface area (Å²) in [6.07, 6.45) is 1.90. The summed E-state index contributed by atoms with van der Waals surface area (Å²) in [7, 11) is -3.53. The Kier molecular flexibility index (Phi) is 4.10. The topological polar surface area (TPSA) is 72.0 Å². The third kappa shape index (κ3) is 3.17. The van der Waals surface area contributed by atoms with Gasteiger partial charge in [0.2, 0.25) is 0 Å². The third-order valence-corrected chi connectivity index (χ3v) is 5.81. The van der Waals surface area contributed by atoms with Crippen LogP contribution >= 0.6 is 11.6 Å². The first-order valence-electron chi connectivity index (χ1n) is 6.92. The highest BCUT2D eigenvalue weighted by Crippen LogP contribution is 2.24. The molecule has 7 heteroatoms. The molecule has 1 saturated heterocycles. The van der Waals surface area contributed by atoms with Crippen LogP contribution in [0.15, 0.2) is 29.3 Å².